The van der Waals surface area contributed by atoms with E-state index in [0.29, 0.717) is 16.3 Å². The molecule has 0 amide bonds. The van der Waals surface area contributed by atoms with Crippen LogP contribution in [-0.4, -0.2) is 25.4 Å². The van der Waals surface area contributed by atoms with Crippen molar-refractivity contribution in [1.29, 1.82) is 0 Å². The van der Waals surface area contributed by atoms with E-state index in [1.54, 1.807) is 6.92 Å². The maximum atomic E-state index is 12.0. The minimum absolute atomic E-state index is 0.0796. The molecule has 0 N–H and O–H groups in total. The number of carbonyl (C=O) groups is 1. The lowest BCUT2D eigenvalue weighted by Crippen LogP contribution is -2.26. The first-order valence-electron chi connectivity index (χ1n) is 5.82. The predicted octanol–water partition coefficient (Wildman–Crippen LogP) is 2.40. The molecule has 0 saturated carbocycles. The Labute approximate surface area is 111 Å². The van der Waals surface area contributed by atoms with Crippen LogP contribution in [0.2, 0.25) is 0 Å². The molecule has 0 spiro atoms. The fourth-order valence-electron chi connectivity index (χ4n) is 2.10. The molecular formula is C12H17NO3S2. The van der Waals surface area contributed by atoms with Gasteiger partial charge < -0.3 is 0 Å². The smallest absolute Gasteiger partial charge is 0.175 e. The zero-order valence-corrected chi connectivity index (χ0v) is 12.6. The van der Waals surface area contributed by atoms with Crippen LogP contribution in [0.25, 0.3) is 0 Å². The van der Waals surface area contributed by atoms with Crippen LogP contribution in [0.3, 0.4) is 0 Å². The van der Waals surface area contributed by atoms with Gasteiger partial charge in [0.1, 0.15) is 10.3 Å². The molecule has 2 rings (SSSR count). The predicted molar refractivity (Wildman–Crippen MR) is 71.8 cm³/mol. The molecule has 18 heavy (non-hydrogen) atoms. The summed E-state index contributed by atoms with van der Waals surface area (Å²) in [6.45, 7) is 5.69. The van der Waals surface area contributed by atoms with Crippen LogP contribution in [0.1, 0.15) is 52.8 Å². The second-order valence-electron chi connectivity index (χ2n) is 5.74. The van der Waals surface area contributed by atoms with Gasteiger partial charge >= 0.3 is 0 Å². The third-order valence-electron chi connectivity index (χ3n) is 3.24. The summed E-state index contributed by atoms with van der Waals surface area (Å²) in [7, 11) is -3.16. The summed E-state index contributed by atoms with van der Waals surface area (Å²) in [5.74, 6) is 0.0886. The Hall–Kier alpha value is -0.750. The van der Waals surface area contributed by atoms with E-state index in [1.165, 1.54) is 17.6 Å². The highest BCUT2D eigenvalue weighted by Crippen LogP contribution is 2.39. The standard InChI is InChI=1S/C12H17NO3S2/c1-7(18(4,15)16)11-13-8-5-12(2,3)6-9(14)10(8)17-11/h7H,5-6H2,1-4H3. The molecule has 0 aliphatic heterocycles. The molecule has 0 aromatic carbocycles. The van der Waals surface area contributed by atoms with E-state index in [0.717, 1.165) is 12.1 Å². The van der Waals surface area contributed by atoms with Crippen molar-refractivity contribution in [1.82, 2.24) is 4.98 Å². The molecule has 1 aromatic rings. The van der Waals surface area contributed by atoms with E-state index < -0.39 is 15.1 Å². The lowest BCUT2D eigenvalue weighted by atomic mass is 9.78. The number of nitrogens with zero attached hydrogens (tertiary/aromatic N) is 1. The molecular weight excluding hydrogens is 270 g/mol. The summed E-state index contributed by atoms with van der Waals surface area (Å²) in [4.78, 5) is 17.0. The number of aromatic nitrogens is 1. The number of fused-ring (bicyclic) bond motifs is 1. The first kappa shape index (κ1) is 13.7. The number of rotatable bonds is 2. The average Bonchev–Trinajstić information content (AvgIpc) is 2.56. The van der Waals surface area contributed by atoms with Gasteiger partial charge in [0, 0.05) is 12.7 Å². The number of thiazole rings is 1. The SMILES string of the molecule is CC(c1nc2c(s1)C(=O)CC(C)(C)C2)S(C)(=O)=O. The molecule has 6 heteroatoms. The monoisotopic (exact) mass is 287 g/mol. The van der Waals surface area contributed by atoms with Gasteiger partial charge in [0.15, 0.2) is 15.6 Å². The molecule has 100 valence electrons. The minimum atomic E-state index is -3.16. The van der Waals surface area contributed by atoms with Crippen molar-refractivity contribution in [3.05, 3.63) is 15.6 Å². The number of sulfone groups is 1. The second-order valence-corrected chi connectivity index (χ2v) is 9.14. The Balaban J connectivity index is 2.44. The van der Waals surface area contributed by atoms with Crippen LogP contribution in [-0.2, 0) is 16.3 Å². The van der Waals surface area contributed by atoms with Crippen LogP contribution >= 0.6 is 11.3 Å². The van der Waals surface area contributed by atoms with Gasteiger partial charge in [-0.3, -0.25) is 4.79 Å². The van der Waals surface area contributed by atoms with Gasteiger partial charge in [-0.05, 0) is 18.8 Å². The average molecular weight is 287 g/mol. The zero-order valence-electron chi connectivity index (χ0n) is 11.0. The molecule has 1 unspecified atom stereocenters. The lowest BCUT2D eigenvalue weighted by molar-refractivity contribution is 0.0916. The van der Waals surface area contributed by atoms with E-state index in [2.05, 4.69) is 4.98 Å². The number of ketones is 1. The van der Waals surface area contributed by atoms with Crippen LogP contribution in [0.5, 0.6) is 0 Å². The molecule has 1 aromatic heterocycles. The van der Waals surface area contributed by atoms with Gasteiger partial charge in [-0.15, -0.1) is 11.3 Å². The van der Waals surface area contributed by atoms with E-state index in [9.17, 15) is 13.2 Å². The fourth-order valence-corrected chi connectivity index (χ4v) is 4.14. The maximum Gasteiger partial charge on any atom is 0.175 e. The zero-order chi connectivity index (χ0) is 13.7. The molecule has 0 bridgehead atoms. The number of carbonyl (C=O) groups excluding carboxylic acids is 1. The quantitative estimate of drug-likeness (QED) is 0.838. The Bertz CT molecular complexity index is 599. The summed E-state index contributed by atoms with van der Waals surface area (Å²) < 4.78 is 23.1. The van der Waals surface area contributed by atoms with Crippen molar-refractivity contribution >= 4 is 27.0 Å². The summed E-state index contributed by atoms with van der Waals surface area (Å²) in [6.07, 6.45) is 2.44. The minimum Gasteiger partial charge on any atom is -0.293 e. The molecule has 1 aliphatic rings. The van der Waals surface area contributed by atoms with Gasteiger partial charge in [0.05, 0.1) is 10.6 Å². The van der Waals surface area contributed by atoms with Crippen LogP contribution < -0.4 is 0 Å². The molecule has 0 radical (unpaired) electrons. The first-order valence-corrected chi connectivity index (χ1v) is 8.59. The Morgan fingerprint density at radius 1 is 1.33 bits per heavy atom. The third kappa shape index (κ3) is 2.49. The highest BCUT2D eigenvalue weighted by Gasteiger charge is 2.35. The molecule has 1 atom stereocenters. The summed E-state index contributed by atoms with van der Waals surface area (Å²) >= 11 is 1.24. The number of hydrogen-bond acceptors (Lipinski definition) is 5. The van der Waals surface area contributed by atoms with E-state index >= 15 is 0 Å². The van der Waals surface area contributed by atoms with Crippen molar-refractivity contribution < 1.29 is 13.2 Å². The summed E-state index contributed by atoms with van der Waals surface area (Å²) in [6, 6.07) is 0. The molecule has 4 nitrogen and oxygen atoms in total. The van der Waals surface area contributed by atoms with Gasteiger partial charge in [-0.25, -0.2) is 13.4 Å². The van der Waals surface area contributed by atoms with Crippen LogP contribution in [0, 0.1) is 5.41 Å². The summed E-state index contributed by atoms with van der Waals surface area (Å²) in [5.41, 5.74) is 0.691. The third-order valence-corrected chi connectivity index (χ3v) is 6.22. The molecule has 1 heterocycles. The first-order chi connectivity index (χ1) is 8.10. The Morgan fingerprint density at radius 2 is 1.94 bits per heavy atom. The van der Waals surface area contributed by atoms with E-state index in [-0.39, 0.29) is 11.2 Å². The number of hydrogen-bond donors (Lipinski definition) is 0. The normalized spacial score (nSPS) is 20.6. The highest BCUT2D eigenvalue weighted by molar-refractivity contribution is 7.91. The Morgan fingerprint density at radius 3 is 2.50 bits per heavy atom. The van der Waals surface area contributed by atoms with Gasteiger partial charge in [-0.2, -0.15) is 0 Å². The van der Waals surface area contributed by atoms with Crippen molar-refractivity contribution in [3.63, 3.8) is 0 Å². The van der Waals surface area contributed by atoms with Crippen LogP contribution in [0.15, 0.2) is 0 Å². The van der Waals surface area contributed by atoms with Gasteiger partial charge in [0.25, 0.3) is 0 Å². The van der Waals surface area contributed by atoms with Gasteiger partial charge in [0.2, 0.25) is 0 Å². The molecule has 0 saturated heterocycles. The maximum absolute atomic E-state index is 12.0. The van der Waals surface area contributed by atoms with E-state index in [1.807, 2.05) is 13.8 Å². The molecule has 1 aliphatic carbocycles. The fraction of sp³-hybridized carbons (Fsp3) is 0.667. The Kier molecular flexibility index (Phi) is 3.14. The number of Topliss-reactive ketones (excluding diaryl/α,β-unsaturated/α-hetero) is 1. The van der Waals surface area contributed by atoms with Crippen molar-refractivity contribution in [2.75, 3.05) is 6.26 Å². The van der Waals surface area contributed by atoms with Crippen molar-refractivity contribution in [3.8, 4) is 0 Å². The van der Waals surface area contributed by atoms with Crippen LogP contribution in [0.4, 0.5) is 0 Å². The molecule has 0 fully saturated rings. The topological polar surface area (TPSA) is 64.1 Å². The van der Waals surface area contributed by atoms with Crippen molar-refractivity contribution in [2.24, 2.45) is 5.41 Å². The highest BCUT2D eigenvalue weighted by atomic mass is 32.2. The lowest BCUT2D eigenvalue weighted by Gasteiger charge is -2.26. The summed E-state index contributed by atoms with van der Waals surface area (Å²) in [5, 5.41) is -0.0995. The van der Waals surface area contributed by atoms with Gasteiger partial charge in [-0.1, -0.05) is 13.8 Å². The largest absolute Gasteiger partial charge is 0.293 e. The van der Waals surface area contributed by atoms with Crippen molar-refractivity contribution in [2.45, 2.75) is 38.9 Å². The second kappa shape index (κ2) is 4.13. The van der Waals surface area contributed by atoms with E-state index in [4.69, 9.17) is 0 Å².